The van der Waals surface area contributed by atoms with Crippen LogP contribution in [0.3, 0.4) is 0 Å². The van der Waals surface area contributed by atoms with Gasteiger partial charge in [0, 0.05) is 167 Å². The number of nitrogens with zero attached hydrogens (tertiary/aromatic N) is 2. The Morgan fingerprint density at radius 1 is 0.825 bits per heavy atom. The van der Waals surface area contributed by atoms with Crippen molar-refractivity contribution in [3.8, 4) is 0 Å². The third kappa shape index (κ3) is 29.4. The number of pyridine rings is 2. The third-order valence-electron chi connectivity index (χ3n) is 2.56. The van der Waals surface area contributed by atoms with E-state index in [1.165, 1.54) is 35.5 Å². The van der Waals surface area contributed by atoms with Gasteiger partial charge in [-0.05, 0) is 72.0 Å². The minimum atomic E-state index is -0.521. The topological polar surface area (TPSA) is 90.1 Å². The molecule has 0 fully saturated rings. The third-order valence-corrected chi connectivity index (χ3v) is 24.7. The molecule has 0 aliphatic heterocycles. The van der Waals surface area contributed by atoms with Gasteiger partial charge in [-0.1, -0.05) is 23.2 Å². The van der Waals surface area contributed by atoms with Gasteiger partial charge >= 0.3 is 6.09 Å². The summed E-state index contributed by atoms with van der Waals surface area (Å²) >= 11 is 33.7. The fourth-order valence-corrected chi connectivity index (χ4v) is 21.7. The largest absolute Gasteiger partial charge is 0.444 e. The molecule has 0 bridgehead atoms. The number of ether oxygens (including phenoxy) is 1. The van der Waals surface area contributed by atoms with Gasteiger partial charge in [0.25, 0.3) is 0 Å². The van der Waals surface area contributed by atoms with Gasteiger partial charge in [0.2, 0.25) is 0 Å². The van der Waals surface area contributed by atoms with Gasteiger partial charge in [-0.15, -0.1) is 0 Å². The number of hydrogen-bond acceptors (Lipinski definition) is 9. The Morgan fingerprint density at radius 3 is 1.60 bits per heavy atom. The monoisotopic (exact) mass is 1090 g/mol. The molecule has 2 heterocycles. The lowest BCUT2D eigenvalue weighted by atomic mass is 10.2. The second-order valence-electron chi connectivity index (χ2n) is 6.39. The summed E-state index contributed by atoms with van der Waals surface area (Å²) in [5.41, 5.74) is 6.24. The Balaban J connectivity index is 0. The van der Waals surface area contributed by atoms with Crippen molar-refractivity contribution < 1.29 is 9.53 Å². The molecule has 0 radical (unpaired) electrons. The van der Waals surface area contributed by atoms with Crippen molar-refractivity contribution >= 4 is 228 Å². The maximum atomic E-state index is 11.5. The average Bonchev–Trinajstić information content (AvgIpc) is 2.87. The standard InChI is InChI=1S/C10H12ClIN2O2.C5H4ClIN2.S8.S7/c1-10(2,3)16-9(15)14-7-4-8(11)13-5-6(7)12;6-5-1-4(8)3(7)2-9-5;1-3-5-7-8-6-4-2;1-3-5-7-6-4-2/h4-5H,1-3H3,(H,13,14,15);1-2H,(H2,8,9);;. The van der Waals surface area contributed by atoms with Gasteiger partial charge in [-0.3, -0.25) is 5.32 Å². The van der Waals surface area contributed by atoms with Crippen LogP contribution in [0.5, 0.6) is 0 Å². The smallest absolute Gasteiger partial charge is 0.412 e. The van der Waals surface area contributed by atoms with Gasteiger partial charge in [0.15, 0.2) is 0 Å². The van der Waals surface area contributed by atoms with Gasteiger partial charge in [0.1, 0.15) is 15.9 Å². The number of rotatable bonds is 1. The SMILES string of the molecule is CC(C)(C)OC(=O)Nc1cc(Cl)ncc1I.Nc1cc(Cl)ncc1I.S=S=S=S=S=S=S.S=S=S=S=S=S=S=S. The quantitative estimate of drug-likeness (QED) is 0.282. The fourth-order valence-electron chi connectivity index (χ4n) is 1.43. The molecule has 0 saturated carbocycles. The van der Waals surface area contributed by atoms with Crippen molar-refractivity contribution in [2.24, 2.45) is 0 Å². The van der Waals surface area contributed by atoms with Crippen LogP contribution in [0.15, 0.2) is 24.5 Å². The lowest BCUT2D eigenvalue weighted by Crippen LogP contribution is -2.27. The molecular formula is C15H16Cl2I2N4O2S15. The van der Waals surface area contributed by atoms with E-state index in [0.29, 0.717) is 21.7 Å². The second kappa shape index (κ2) is 29.1. The number of nitrogen functional groups attached to an aromatic ring is 1. The maximum absolute atomic E-state index is 11.5. The highest BCUT2D eigenvalue weighted by Gasteiger charge is 2.17. The lowest BCUT2D eigenvalue weighted by Gasteiger charge is -2.19. The van der Waals surface area contributed by atoms with E-state index in [-0.39, 0.29) is 0 Å². The molecule has 1 amide bonds. The van der Waals surface area contributed by atoms with Crippen molar-refractivity contribution in [2.75, 3.05) is 11.1 Å². The van der Waals surface area contributed by atoms with Crippen LogP contribution in [-0.4, -0.2) is 21.7 Å². The van der Waals surface area contributed by atoms with Crippen molar-refractivity contribution in [3.63, 3.8) is 0 Å². The Bertz CT molecular complexity index is 1560. The molecule has 3 N–H and O–H groups in total. The highest BCUT2D eigenvalue weighted by atomic mass is 127. The van der Waals surface area contributed by atoms with E-state index in [9.17, 15) is 4.79 Å². The van der Waals surface area contributed by atoms with Crippen LogP contribution in [0.1, 0.15) is 20.8 Å². The van der Waals surface area contributed by atoms with Crippen LogP contribution in [0.4, 0.5) is 16.2 Å². The molecule has 0 aliphatic carbocycles. The number of carbonyl (C=O) groups excluding carboxylic acids is 1. The highest BCUT2D eigenvalue weighted by molar-refractivity contribution is 14.1. The van der Waals surface area contributed by atoms with Crippen LogP contribution in [0.2, 0.25) is 10.3 Å². The highest BCUT2D eigenvalue weighted by Crippen LogP contribution is 2.21. The number of anilines is 2. The van der Waals surface area contributed by atoms with E-state index in [1.807, 2.05) is 0 Å². The summed E-state index contributed by atoms with van der Waals surface area (Å²) in [4.78, 5) is 19.2. The van der Waals surface area contributed by atoms with E-state index in [0.717, 1.165) is 7.14 Å². The minimum Gasteiger partial charge on any atom is -0.444 e. The number of aromatic nitrogens is 2. The molecule has 2 aromatic heterocycles. The van der Waals surface area contributed by atoms with Gasteiger partial charge in [0.05, 0.1) is 12.8 Å². The summed E-state index contributed by atoms with van der Waals surface area (Å²) in [5, 5.41) is 3.38. The van der Waals surface area contributed by atoms with E-state index < -0.39 is 11.7 Å². The molecule has 0 spiro atoms. The first-order valence-corrected chi connectivity index (χ1v) is 29.3. The molecule has 40 heavy (non-hydrogen) atoms. The molecule has 0 atom stereocenters. The second-order valence-corrected chi connectivity index (χ2v) is 28.9. The molecule has 2 rings (SSSR count). The number of carbonyl (C=O) groups is 1. The number of nitrogens with one attached hydrogen (secondary N) is 1. The molecule has 6 nitrogen and oxygen atoms in total. The van der Waals surface area contributed by atoms with Crippen molar-refractivity contribution in [2.45, 2.75) is 26.4 Å². The predicted molar refractivity (Wildman–Crippen MR) is 229 cm³/mol. The van der Waals surface area contributed by atoms with Crippen molar-refractivity contribution in [3.05, 3.63) is 42.0 Å². The average molecular weight is 1090 g/mol. The van der Waals surface area contributed by atoms with E-state index >= 15 is 0 Å². The molecule has 0 aliphatic rings. The molecule has 0 aromatic carbocycles. The van der Waals surface area contributed by atoms with Crippen LogP contribution in [0, 0.1) is 7.14 Å². The van der Waals surface area contributed by atoms with E-state index in [2.05, 4.69) is 105 Å². The number of hydrogen-bond donors (Lipinski definition) is 2. The normalized spacial score (nSPS) is 8.97. The Morgan fingerprint density at radius 2 is 1.23 bits per heavy atom. The van der Waals surface area contributed by atoms with Crippen LogP contribution < -0.4 is 11.1 Å². The zero-order valence-corrected chi connectivity index (χ0v) is 37.8. The van der Waals surface area contributed by atoms with Crippen LogP contribution >= 0.6 is 68.4 Å². The molecular weight excluding hydrogens is 1070 g/mol. The maximum Gasteiger partial charge on any atom is 0.412 e. The first-order chi connectivity index (χ1) is 18.8. The summed E-state index contributed by atoms with van der Waals surface area (Å²) < 4.78 is 6.85. The summed E-state index contributed by atoms with van der Waals surface area (Å²) in [6.07, 6.45) is 2.71. The van der Waals surface area contributed by atoms with Crippen molar-refractivity contribution in [1.29, 1.82) is 0 Å². The van der Waals surface area contributed by atoms with Gasteiger partial charge < -0.3 is 10.5 Å². The zero-order chi connectivity index (χ0) is 31.0. The zero-order valence-electron chi connectivity index (χ0n) is 19.7. The summed E-state index contributed by atoms with van der Waals surface area (Å²) in [7, 11) is 16.5. The molecule has 0 saturated heterocycles. The Kier molecular flexibility index (Phi) is 32.7. The van der Waals surface area contributed by atoms with Crippen LogP contribution in [-0.2, 0) is 147 Å². The molecule has 0 unspecified atom stereocenters. The fraction of sp³-hybridized carbons (Fsp3) is 0.267. The summed E-state index contributed by atoms with van der Waals surface area (Å²) in [6.45, 7) is 5.41. The molecule has 25 heteroatoms. The lowest BCUT2D eigenvalue weighted by molar-refractivity contribution is 0.0636. The number of halogens is 4. The number of nitrogens with two attached hydrogens (primary N) is 1. The molecule has 2 aromatic rings. The minimum absolute atomic E-state index is 0.325. The first kappa shape index (κ1) is 44.8. The van der Waals surface area contributed by atoms with E-state index in [1.54, 1.807) is 107 Å². The van der Waals surface area contributed by atoms with Crippen molar-refractivity contribution in [1.82, 2.24) is 9.97 Å². The summed E-state index contributed by atoms with van der Waals surface area (Å²) in [6, 6.07) is 3.20. The summed E-state index contributed by atoms with van der Waals surface area (Å²) in [5.74, 6) is 0. The number of amides is 1. The van der Waals surface area contributed by atoms with E-state index in [4.69, 9.17) is 33.7 Å². The first-order valence-electron chi connectivity index (χ1n) is 9.02. The van der Waals surface area contributed by atoms with Gasteiger partial charge in [-0.25, -0.2) is 14.8 Å². The van der Waals surface area contributed by atoms with Gasteiger partial charge in [-0.2, -0.15) is 0 Å². The predicted octanol–water partition coefficient (Wildman–Crippen LogP) is 5.57. The van der Waals surface area contributed by atoms with Crippen LogP contribution in [0.25, 0.3) is 0 Å². The Labute approximate surface area is 321 Å². The Hall–Kier alpha value is 2.71. The molecule has 226 valence electrons.